The third kappa shape index (κ3) is 2.73. The van der Waals surface area contributed by atoms with Gasteiger partial charge in [0.05, 0.1) is 23.3 Å². The van der Waals surface area contributed by atoms with Gasteiger partial charge in [-0.15, -0.1) is 0 Å². The number of amides is 1. The molecule has 1 aromatic heterocycles. The normalized spacial score (nSPS) is 18.8. The molecule has 1 fully saturated rings. The van der Waals surface area contributed by atoms with Crippen LogP contribution >= 0.6 is 0 Å². The lowest BCUT2D eigenvalue weighted by atomic mass is 10.1. The zero-order valence-electron chi connectivity index (χ0n) is 14.9. The van der Waals surface area contributed by atoms with Gasteiger partial charge in [0.1, 0.15) is 0 Å². The number of hydrogen-bond donors (Lipinski definition) is 1. The van der Waals surface area contributed by atoms with E-state index in [0.717, 1.165) is 25.1 Å². The van der Waals surface area contributed by atoms with Crippen molar-refractivity contribution in [2.24, 2.45) is 0 Å². The van der Waals surface area contributed by atoms with Crippen LogP contribution in [0.4, 0.5) is 0 Å². The zero-order chi connectivity index (χ0) is 18.4. The van der Waals surface area contributed by atoms with Gasteiger partial charge in [-0.1, -0.05) is 18.2 Å². The minimum atomic E-state index is -0.0384. The number of carbonyl (C=O) groups excluding carboxylic acids is 1. The first kappa shape index (κ1) is 16.2. The van der Waals surface area contributed by atoms with Gasteiger partial charge < -0.3 is 10.2 Å². The summed E-state index contributed by atoms with van der Waals surface area (Å²) in [5.74, 6) is 0.0361. The second-order valence-corrected chi connectivity index (χ2v) is 7.25. The van der Waals surface area contributed by atoms with Gasteiger partial charge in [-0.2, -0.15) is 0 Å². The fourth-order valence-electron chi connectivity index (χ4n) is 4.11. The average molecular weight is 360 g/mol. The average Bonchev–Trinajstić information content (AvgIpc) is 3.37. The highest BCUT2D eigenvalue weighted by atomic mass is 16.2. The minimum absolute atomic E-state index is 0.0327. The van der Waals surface area contributed by atoms with Crippen LogP contribution in [0.15, 0.2) is 53.6 Å². The summed E-state index contributed by atoms with van der Waals surface area (Å²) in [4.78, 5) is 32.0. The van der Waals surface area contributed by atoms with Crippen molar-refractivity contribution < 1.29 is 4.79 Å². The number of hydrogen-bond acceptors (Lipinski definition) is 4. The van der Waals surface area contributed by atoms with Gasteiger partial charge in [0.15, 0.2) is 0 Å². The minimum Gasteiger partial charge on any atom is -0.336 e. The van der Waals surface area contributed by atoms with Crippen molar-refractivity contribution >= 4 is 16.8 Å². The molecule has 27 heavy (non-hydrogen) atoms. The molecule has 5 rings (SSSR count). The Labute approximate surface area is 156 Å². The van der Waals surface area contributed by atoms with Crippen LogP contribution in [0.5, 0.6) is 0 Å². The lowest BCUT2D eigenvalue weighted by Crippen LogP contribution is -2.31. The molecular formula is C21H20N4O2. The second kappa shape index (κ2) is 6.32. The number of rotatable bonds is 2. The molecule has 1 saturated heterocycles. The van der Waals surface area contributed by atoms with Crippen LogP contribution in [-0.4, -0.2) is 33.4 Å². The molecule has 3 aromatic rings. The lowest BCUT2D eigenvalue weighted by Gasteiger charge is -2.18. The van der Waals surface area contributed by atoms with E-state index in [1.165, 1.54) is 11.1 Å². The molecule has 2 aliphatic rings. The lowest BCUT2D eigenvalue weighted by molar-refractivity contribution is 0.0787. The Morgan fingerprint density at radius 3 is 2.89 bits per heavy atom. The molecular weight excluding hydrogens is 340 g/mol. The monoisotopic (exact) mass is 360 g/mol. The van der Waals surface area contributed by atoms with E-state index in [-0.39, 0.29) is 17.5 Å². The molecule has 136 valence electrons. The molecule has 6 heteroatoms. The summed E-state index contributed by atoms with van der Waals surface area (Å²) >= 11 is 0. The molecule has 0 bridgehead atoms. The first-order chi connectivity index (χ1) is 13.2. The Hall–Kier alpha value is -2.99. The summed E-state index contributed by atoms with van der Waals surface area (Å²) in [6.45, 7) is 2.87. The maximum atomic E-state index is 12.9. The molecule has 2 aliphatic heterocycles. The number of benzene rings is 2. The van der Waals surface area contributed by atoms with Crippen molar-refractivity contribution in [3.05, 3.63) is 75.8 Å². The van der Waals surface area contributed by atoms with Crippen LogP contribution in [0.2, 0.25) is 0 Å². The fourth-order valence-corrected chi connectivity index (χ4v) is 4.11. The fraction of sp³-hybridized carbons (Fsp3) is 0.286. The molecule has 1 amide bonds. The second-order valence-electron chi connectivity index (χ2n) is 7.25. The number of fused-ring (bicyclic) bond motifs is 2. The van der Waals surface area contributed by atoms with Crippen molar-refractivity contribution in [1.82, 2.24) is 19.8 Å². The summed E-state index contributed by atoms with van der Waals surface area (Å²) in [7, 11) is 0. The topological polar surface area (TPSA) is 67.2 Å². The van der Waals surface area contributed by atoms with Gasteiger partial charge in [0.2, 0.25) is 0 Å². The van der Waals surface area contributed by atoms with Crippen LogP contribution < -0.4 is 10.9 Å². The van der Waals surface area contributed by atoms with Crippen molar-refractivity contribution in [1.29, 1.82) is 0 Å². The SMILES string of the molecule is O=C(c1ccc2c(c1)CNC2)N1CCC(n2cnc3ccccc3c2=O)C1. The molecule has 1 unspecified atom stereocenters. The van der Waals surface area contributed by atoms with Gasteiger partial charge in [0.25, 0.3) is 11.5 Å². The largest absolute Gasteiger partial charge is 0.336 e. The van der Waals surface area contributed by atoms with Crippen molar-refractivity contribution in [2.75, 3.05) is 13.1 Å². The highest BCUT2D eigenvalue weighted by molar-refractivity contribution is 5.94. The van der Waals surface area contributed by atoms with E-state index in [2.05, 4.69) is 10.3 Å². The number of nitrogens with one attached hydrogen (secondary N) is 1. The van der Waals surface area contributed by atoms with Gasteiger partial charge in [-0.05, 0) is 41.8 Å². The number of carbonyl (C=O) groups is 1. The Balaban J connectivity index is 1.39. The van der Waals surface area contributed by atoms with E-state index in [9.17, 15) is 9.59 Å². The highest BCUT2D eigenvalue weighted by Gasteiger charge is 2.29. The molecule has 0 aliphatic carbocycles. The molecule has 0 radical (unpaired) electrons. The van der Waals surface area contributed by atoms with Crippen LogP contribution in [0.3, 0.4) is 0 Å². The highest BCUT2D eigenvalue weighted by Crippen LogP contribution is 2.24. The first-order valence-corrected chi connectivity index (χ1v) is 9.28. The van der Waals surface area contributed by atoms with Crippen molar-refractivity contribution in [3.63, 3.8) is 0 Å². The maximum Gasteiger partial charge on any atom is 0.261 e. The molecule has 3 heterocycles. The van der Waals surface area contributed by atoms with E-state index >= 15 is 0 Å². The van der Waals surface area contributed by atoms with E-state index < -0.39 is 0 Å². The zero-order valence-corrected chi connectivity index (χ0v) is 14.9. The Kier molecular flexibility index (Phi) is 3.79. The van der Waals surface area contributed by atoms with Gasteiger partial charge in [-0.3, -0.25) is 14.2 Å². The summed E-state index contributed by atoms with van der Waals surface area (Å²) in [5.41, 5.74) is 3.85. The van der Waals surface area contributed by atoms with E-state index in [4.69, 9.17) is 0 Å². The van der Waals surface area contributed by atoms with E-state index in [0.29, 0.717) is 24.0 Å². The van der Waals surface area contributed by atoms with Gasteiger partial charge in [-0.25, -0.2) is 4.98 Å². The number of para-hydroxylation sites is 1. The van der Waals surface area contributed by atoms with Crippen LogP contribution in [0, 0.1) is 0 Å². The summed E-state index contributed by atoms with van der Waals surface area (Å²) in [6.07, 6.45) is 2.38. The molecule has 1 atom stereocenters. The van der Waals surface area contributed by atoms with Crippen molar-refractivity contribution in [2.45, 2.75) is 25.6 Å². The van der Waals surface area contributed by atoms with E-state index in [1.54, 1.807) is 17.0 Å². The van der Waals surface area contributed by atoms with E-state index in [1.807, 2.05) is 41.3 Å². The molecule has 1 N–H and O–H groups in total. The predicted octanol–water partition coefficient (Wildman–Crippen LogP) is 2.09. The maximum absolute atomic E-state index is 12.9. The van der Waals surface area contributed by atoms with Gasteiger partial charge >= 0.3 is 0 Å². The van der Waals surface area contributed by atoms with Crippen LogP contribution in [0.25, 0.3) is 10.9 Å². The summed E-state index contributed by atoms with van der Waals surface area (Å²) < 4.78 is 1.68. The van der Waals surface area contributed by atoms with Crippen LogP contribution in [-0.2, 0) is 13.1 Å². The molecule has 6 nitrogen and oxygen atoms in total. The molecule has 0 spiro atoms. The third-order valence-corrected chi connectivity index (χ3v) is 5.62. The van der Waals surface area contributed by atoms with Crippen LogP contribution in [0.1, 0.15) is 33.9 Å². The Bertz CT molecular complexity index is 1100. The number of aromatic nitrogens is 2. The standard InChI is InChI=1S/C21H20N4O2/c26-20(14-5-6-15-10-22-11-16(15)9-14)24-8-7-17(12-24)25-13-23-19-4-2-1-3-18(19)21(25)27/h1-6,9,13,17,22H,7-8,10-12H2. The quantitative estimate of drug-likeness (QED) is 0.760. The third-order valence-electron chi connectivity index (χ3n) is 5.62. The molecule has 0 saturated carbocycles. The first-order valence-electron chi connectivity index (χ1n) is 9.28. The predicted molar refractivity (Wildman–Crippen MR) is 103 cm³/mol. The summed E-state index contributed by atoms with van der Waals surface area (Å²) in [5, 5.41) is 3.92. The molecule has 2 aromatic carbocycles. The Morgan fingerprint density at radius 2 is 1.96 bits per heavy atom. The number of likely N-dealkylation sites (tertiary alicyclic amines) is 1. The number of nitrogens with zero attached hydrogens (tertiary/aromatic N) is 3. The Morgan fingerprint density at radius 1 is 1.11 bits per heavy atom. The smallest absolute Gasteiger partial charge is 0.261 e. The van der Waals surface area contributed by atoms with Gasteiger partial charge in [0, 0.05) is 31.7 Å². The van der Waals surface area contributed by atoms with Crippen molar-refractivity contribution in [3.8, 4) is 0 Å². The summed E-state index contributed by atoms with van der Waals surface area (Å²) in [6, 6.07) is 13.3.